The molecule has 1 aliphatic carbocycles. The van der Waals surface area contributed by atoms with E-state index in [1.54, 1.807) is 12.1 Å². The van der Waals surface area contributed by atoms with Gasteiger partial charge in [-0.1, -0.05) is 11.6 Å². The lowest BCUT2D eigenvalue weighted by molar-refractivity contribution is 0.0945. The zero-order valence-corrected chi connectivity index (χ0v) is 12.8. The second kappa shape index (κ2) is 5.33. The maximum Gasteiger partial charge on any atom is 0.252 e. The Balaban J connectivity index is 2.02. The van der Waals surface area contributed by atoms with Crippen LogP contribution in [0.1, 0.15) is 23.2 Å². The second-order valence-electron chi connectivity index (χ2n) is 4.44. The number of benzene rings is 1. The molecule has 5 heteroatoms. The summed E-state index contributed by atoms with van der Waals surface area (Å²) in [6.45, 7) is 0.651. The summed E-state index contributed by atoms with van der Waals surface area (Å²) >= 11 is 13.9. The minimum absolute atomic E-state index is 0.0757. The Bertz CT molecular complexity index is 446. The summed E-state index contributed by atoms with van der Waals surface area (Å²) in [5.74, 6) is 0.535. The predicted molar refractivity (Wildman–Crippen MR) is 78.9 cm³/mol. The molecular formula is C12H12Cl2INO. The van der Waals surface area contributed by atoms with Gasteiger partial charge in [0.1, 0.15) is 0 Å². The number of rotatable bonds is 4. The summed E-state index contributed by atoms with van der Waals surface area (Å²) in [7, 11) is 0. The smallest absolute Gasteiger partial charge is 0.252 e. The number of carbonyl (C=O) groups is 1. The van der Waals surface area contributed by atoms with E-state index in [1.165, 1.54) is 0 Å². The Morgan fingerprint density at radius 2 is 2.18 bits per heavy atom. The molecule has 2 nitrogen and oxygen atoms in total. The molecule has 2 rings (SSSR count). The van der Waals surface area contributed by atoms with E-state index in [4.69, 9.17) is 23.2 Å². The van der Waals surface area contributed by atoms with E-state index >= 15 is 0 Å². The van der Waals surface area contributed by atoms with Gasteiger partial charge >= 0.3 is 0 Å². The average Bonchev–Trinajstić information content (AvgIpc) is 3.10. The maximum atomic E-state index is 12.0. The first-order valence-electron chi connectivity index (χ1n) is 5.36. The van der Waals surface area contributed by atoms with Crippen LogP contribution in [0, 0.1) is 8.99 Å². The van der Waals surface area contributed by atoms with Crippen LogP contribution in [0.4, 0.5) is 0 Å². The molecule has 0 saturated heterocycles. The minimum atomic E-state index is -0.0757. The second-order valence-corrected chi connectivity index (χ2v) is 6.31. The van der Waals surface area contributed by atoms with E-state index in [-0.39, 0.29) is 11.3 Å². The molecule has 92 valence electrons. The molecule has 1 saturated carbocycles. The van der Waals surface area contributed by atoms with Crippen LogP contribution in [0.25, 0.3) is 0 Å². The third-order valence-electron chi connectivity index (χ3n) is 3.04. The molecule has 0 bridgehead atoms. The Hall–Kier alpha value is -0.000000000000000111. The number of hydrogen-bond acceptors (Lipinski definition) is 1. The van der Waals surface area contributed by atoms with Gasteiger partial charge in [-0.15, -0.1) is 11.6 Å². The van der Waals surface area contributed by atoms with E-state index < -0.39 is 0 Å². The van der Waals surface area contributed by atoms with Crippen molar-refractivity contribution in [2.75, 3.05) is 12.4 Å². The van der Waals surface area contributed by atoms with Crippen LogP contribution in [0.2, 0.25) is 5.02 Å². The van der Waals surface area contributed by atoms with Crippen molar-refractivity contribution in [3.63, 3.8) is 0 Å². The average molecular weight is 384 g/mol. The van der Waals surface area contributed by atoms with Crippen LogP contribution in [-0.4, -0.2) is 18.3 Å². The molecule has 1 aromatic carbocycles. The molecule has 0 atom stereocenters. The third-order valence-corrected chi connectivity index (χ3v) is 4.78. The normalized spacial score (nSPS) is 16.6. The summed E-state index contributed by atoms with van der Waals surface area (Å²) in [5, 5.41) is 3.51. The standard InChI is InChI=1S/C12H12Cl2INO/c13-6-12(3-4-12)7-16-11(17)9-5-8(14)1-2-10(9)15/h1-2,5H,3-4,6-7H2,(H,16,17). The fraction of sp³-hybridized carbons (Fsp3) is 0.417. The molecule has 0 spiro atoms. The molecule has 0 radical (unpaired) electrons. The van der Waals surface area contributed by atoms with E-state index in [1.807, 2.05) is 6.07 Å². The molecule has 0 heterocycles. The number of alkyl halides is 1. The molecular weight excluding hydrogens is 372 g/mol. The van der Waals surface area contributed by atoms with Crippen molar-refractivity contribution < 1.29 is 4.79 Å². The number of carbonyl (C=O) groups excluding carboxylic acids is 1. The van der Waals surface area contributed by atoms with Gasteiger partial charge in [-0.2, -0.15) is 0 Å². The highest BCUT2D eigenvalue weighted by Crippen LogP contribution is 2.45. The lowest BCUT2D eigenvalue weighted by atomic mass is 10.1. The molecule has 1 amide bonds. The highest BCUT2D eigenvalue weighted by atomic mass is 127. The van der Waals surface area contributed by atoms with Gasteiger partial charge in [0.05, 0.1) is 5.56 Å². The van der Waals surface area contributed by atoms with Gasteiger partial charge in [0.25, 0.3) is 5.91 Å². The fourth-order valence-corrected chi connectivity index (χ4v) is 2.68. The van der Waals surface area contributed by atoms with E-state index in [0.717, 1.165) is 16.4 Å². The van der Waals surface area contributed by atoms with Crippen LogP contribution in [-0.2, 0) is 0 Å². The number of halogens is 3. The van der Waals surface area contributed by atoms with Gasteiger partial charge in [-0.25, -0.2) is 0 Å². The van der Waals surface area contributed by atoms with Crippen molar-refractivity contribution in [3.8, 4) is 0 Å². The van der Waals surface area contributed by atoms with Crippen molar-refractivity contribution in [2.45, 2.75) is 12.8 Å². The summed E-state index contributed by atoms with van der Waals surface area (Å²) in [4.78, 5) is 12.0. The fourth-order valence-electron chi connectivity index (χ4n) is 1.57. The van der Waals surface area contributed by atoms with Gasteiger partial charge in [-0.3, -0.25) is 4.79 Å². The first kappa shape index (κ1) is 13.4. The number of hydrogen-bond donors (Lipinski definition) is 1. The maximum absolute atomic E-state index is 12.0. The summed E-state index contributed by atoms with van der Waals surface area (Å²) in [6, 6.07) is 5.31. The van der Waals surface area contributed by atoms with Crippen LogP contribution in [0.3, 0.4) is 0 Å². The third kappa shape index (κ3) is 3.26. The monoisotopic (exact) mass is 383 g/mol. The van der Waals surface area contributed by atoms with Gasteiger partial charge in [-0.05, 0) is 53.6 Å². The summed E-state index contributed by atoms with van der Waals surface area (Å²) < 4.78 is 0.903. The Morgan fingerprint density at radius 1 is 1.47 bits per heavy atom. The van der Waals surface area contributed by atoms with Gasteiger partial charge in [0.15, 0.2) is 0 Å². The lowest BCUT2D eigenvalue weighted by Gasteiger charge is -2.13. The Labute approximate surface area is 124 Å². The summed E-state index contributed by atoms with van der Waals surface area (Å²) in [5.41, 5.74) is 0.768. The number of nitrogens with one attached hydrogen (secondary N) is 1. The zero-order chi connectivity index (χ0) is 12.5. The van der Waals surface area contributed by atoms with Gasteiger partial charge < -0.3 is 5.32 Å². The molecule has 17 heavy (non-hydrogen) atoms. The highest BCUT2D eigenvalue weighted by Gasteiger charge is 2.41. The summed E-state index contributed by atoms with van der Waals surface area (Å²) in [6.07, 6.45) is 2.20. The molecule has 1 aromatic rings. The van der Waals surface area contributed by atoms with Crippen LogP contribution < -0.4 is 5.32 Å². The largest absolute Gasteiger partial charge is 0.351 e. The van der Waals surface area contributed by atoms with Gasteiger partial charge in [0.2, 0.25) is 0 Å². The first-order chi connectivity index (χ1) is 8.06. The lowest BCUT2D eigenvalue weighted by Crippen LogP contribution is -2.31. The van der Waals surface area contributed by atoms with Crippen molar-refractivity contribution in [2.24, 2.45) is 5.41 Å². The predicted octanol–water partition coefficient (Wildman–Crippen LogP) is 3.69. The molecule has 1 N–H and O–H groups in total. The van der Waals surface area contributed by atoms with Crippen LogP contribution in [0.15, 0.2) is 18.2 Å². The zero-order valence-electron chi connectivity index (χ0n) is 9.10. The van der Waals surface area contributed by atoms with E-state index in [9.17, 15) is 4.79 Å². The van der Waals surface area contributed by atoms with Crippen molar-refractivity contribution in [1.29, 1.82) is 0 Å². The molecule has 0 aliphatic heterocycles. The van der Waals surface area contributed by atoms with Crippen LogP contribution in [0.5, 0.6) is 0 Å². The van der Waals surface area contributed by atoms with Crippen molar-refractivity contribution >= 4 is 51.7 Å². The van der Waals surface area contributed by atoms with Crippen LogP contribution >= 0.6 is 45.8 Å². The quantitative estimate of drug-likeness (QED) is 0.623. The topological polar surface area (TPSA) is 29.1 Å². The minimum Gasteiger partial charge on any atom is -0.351 e. The SMILES string of the molecule is O=C(NCC1(CCl)CC1)c1cc(Cl)ccc1I. The van der Waals surface area contributed by atoms with Gasteiger partial charge in [0, 0.05) is 26.4 Å². The van der Waals surface area contributed by atoms with Crippen molar-refractivity contribution in [3.05, 3.63) is 32.4 Å². The Morgan fingerprint density at radius 3 is 2.76 bits per heavy atom. The highest BCUT2D eigenvalue weighted by molar-refractivity contribution is 14.1. The first-order valence-corrected chi connectivity index (χ1v) is 7.35. The Kier molecular flexibility index (Phi) is 4.21. The molecule has 1 fully saturated rings. The van der Waals surface area contributed by atoms with Crippen molar-refractivity contribution in [1.82, 2.24) is 5.32 Å². The molecule has 0 aromatic heterocycles. The molecule has 0 unspecified atom stereocenters. The van der Waals surface area contributed by atoms with E-state index in [2.05, 4.69) is 27.9 Å². The van der Waals surface area contributed by atoms with E-state index in [0.29, 0.717) is 23.0 Å². The molecule has 1 aliphatic rings. The number of amides is 1.